The molecule has 2 heterocycles. The molecular weight excluding hydrogens is 501 g/mol. The summed E-state index contributed by atoms with van der Waals surface area (Å²) in [6.45, 7) is 0. The van der Waals surface area contributed by atoms with Crippen LogP contribution in [-0.2, 0) is 23.9 Å². The van der Waals surface area contributed by atoms with Crippen LogP contribution in [0.2, 0.25) is 0 Å². The Labute approximate surface area is 224 Å². The van der Waals surface area contributed by atoms with Gasteiger partial charge in [-0.15, -0.1) is 0 Å². The lowest BCUT2D eigenvalue weighted by molar-refractivity contribution is -0.150. The molecule has 39 heavy (non-hydrogen) atoms. The number of rotatable bonds is 5. The minimum Gasteiger partial charge on any atom is -0.468 e. The van der Waals surface area contributed by atoms with Gasteiger partial charge in [-0.1, -0.05) is 36.4 Å². The molecule has 1 aliphatic heterocycles. The minimum atomic E-state index is -1.16. The van der Waals surface area contributed by atoms with Gasteiger partial charge in [-0.2, -0.15) is 0 Å². The summed E-state index contributed by atoms with van der Waals surface area (Å²) in [5.74, 6) is -5.02. The maximum absolute atomic E-state index is 14.4. The topological polar surface area (TPSA) is 112 Å². The van der Waals surface area contributed by atoms with Crippen molar-refractivity contribution in [1.82, 2.24) is 4.98 Å². The van der Waals surface area contributed by atoms with Crippen molar-refractivity contribution in [2.24, 2.45) is 11.7 Å². The lowest BCUT2D eigenvalue weighted by Gasteiger charge is -2.44. The summed E-state index contributed by atoms with van der Waals surface area (Å²) in [6, 6.07) is 18.2. The van der Waals surface area contributed by atoms with Gasteiger partial charge in [0, 0.05) is 35.3 Å². The second kappa shape index (κ2) is 10.5. The average Bonchev–Trinajstić information content (AvgIpc) is 2.97. The van der Waals surface area contributed by atoms with Crippen molar-refractivity contribution in [3.63, 3.8) is 0 Å². The third-order valence-electron chi connectivity index (χ3n) is 7.23. The Bertz CT molecular complexity index is 1490. The normalized spacial score (nSPS) is 20.9. The third-order valence-corrected chi connectivity index (χ3v) is 7.23. The summed E-state index contributed by atoms with van der Waals surface area (Å²) >= 11 is 0. The van der Waals surface area contributed by atoms with Gasteiger partial charge < -0.3 is 15.2 Å². The first-order valence-electron chi connectivity index (χ1n) is 12.3. The Balaban J connectivity index is 1.82. The lowest BCUT2D eigenvalue weighted by atomic mass is 9.67. The fourth-order valence-corrected chi connectivity index (χ4v) is 5.51. The van der Waals surface area contributed by atoms with Crippen molar-refractivity contribution >= 4 is 23.4 Å². The smallest absolute Gasteiger partial charge is 0.338 e. The monoisotopic (exact) mass is 527 g/mol. The van der Waals surface area contributed by atoms with Crippen LogP contribution in [0.5, 0.6) is 0 Å². The van der Waals surface area contributed by atoms with E-state index in [1.165, 1.54) is 38.5 Å². The number of pyridine rings is 1. The summed E-state index contributed by atoms with van der Waals surface area (Å²) in [4.78, 5) is 46.6. The van der Waals surface area contributed by atoms with E-state index in [4.69, 9.17) is 15.2 Å². The maximum Gasteiger partial charge on any atom is 0.338 e. The zero-order valence-electron chi connectivity index (χ0n) is 21.3. The van der Waals surface area contributed by atoms with E-state index in [0.717, 1.165) is 5.56 Å². The van der Waals surface area contributed by atoms with E-state index < -0.39 is 41.3 Å². The Morgan fingerprint density at radius 2 is 1.67 bits per heavy atom. The van der Waals surface area contributed by atoms with Crippen molar-refractivity contribution in [2.45, 2.75) is 18.3 Å². The number of nitrogens with two attached hydrogens (primary N) is 1. The van der Waals surface area contributed by atoms with Crippen molar-refractivity contribution in [1.29, 1.82) is 0 Å². The van der Waals surface area contributed by atoms with Crippen molar-refractivity contribution < 1.29 is 28.2 Å². The van der Waals surface area contributed by atoms with Crippen LogP contribution < -0.4 is 10.6 Å². The van der Waals surface area contributed by atoms with Gasteiger partial charge >= 0.3 is 11.9 Å². The van der Waals surface area contributed by atoms with Gasteiger partial charge in [-0.3, -0.25) is 19.5 Å². The Morgan fingerprint density at radius 1 is 0.974 bits per heavy atom. The quantitative estimate of drug-likeness (QED) is 0.392. The highest BCUT2D eigenvalue weighted by Gasteiger charge is 2.51. The number of anilines is 1. The largest absolute Gasteiger partial charge is 0.468 e. The molecule has 0 radical (unpaired) electrons. The highest BCUT2D eigenvalue weighted by molar-refractivity contribution is 6.14. The number of aromatic nitrogens is 1. The van der Waals surface area contributed by atoms with Crippen molar-refractivity contribution in [3.05, 3.63) is 119 Å². The predicted molar refractivity (Wildman–Crippen MR) is 140 cm³/mol. The third kappa shape index (κ3) is 4.46. The van der Waals surface area contributed by atoms with Gasteiger partial charge in [0.1, 0.15) is 17.6 Å². The number of methoxy groups -OCH3 is 2. The van der Waals surface area contributed by atoms with E-state index in [1.54, 1.807) is 29.4 Å². The van der Waals surface area contributed by atoms with Crippen molar-refractivity contribution in [2.75, 3.05) is 19.1 Å². The number of allylic oxidation sites excluding steroid dienone is 2. The zero-order chi connectivity index (χ0) is 27.7. The average molecular weight is 528 g/mol. The summed E-state index contributed by atoms with van der Waals surface area (Å²) in [5, 5.41) is 0. The second-order valence-corrected chi connectivity index (χ2v) is 9.27. The van der Waals surface area contributed by atoms with E-state index in [9.17, 15) is 18.8 Å². The number of carbonyl (C=O) groups is 3. The van der Waals surface area contributed by atoms with Crippen LogP contribution in [-0.4, -0.2) is 36.9 Å². The molecule has 2 aliphatic rings. The van der Waals surface area contributed by atoms with Crippen molar-refractivity contribution in [3.8, 4) is 0 Å². The minimum absolute atomic E-state index is 0.0173. The summed E-state index contributed by atoms with van der Waals surface area (Å²) in [6.07, 6.45) is 3.33. The summed E-state index contributed by atoms with van der Waals surface area (Å²) < 4.78 is 24.1. The lowest BCUT2D eigenvalue weighted by Crippen LogP contribution is -2.46. The molecule has 5 rings (SSSR count). The number of hydrogen-bond acceptors (Lipinski definition) is 8. The highest BCUT2D eigenvalue weighted by Crippen LogP contribution is 2.51. The zero-order valence-corrected chi connectivity index (χ0v) is 21.3. The molecule has 0 saturated heterocycles. The first-order chi connectivity index (χ1) is 18.9. The van der Waals surface area contributed by atoms with Crippen LogP contribution in [0.1, 0.15) is 29.4 Å². The molecule has 3 atom stereocenters. The fourth-order valence-electron chi connectivity index (χ4n) is 5.51. The van der Waals surface area contributed by atoms with Crippen LogP contribution in [0.3, 0.4) is 0 Å². The number of hydrogen-bond donors (Lipinski definition) is 1. The second-order valence-electron chi connectivity index (χ2n) is 9.27. The highest BCUT2D eigenvalue weighted by atomic mass is 19.1. The van der Waals surface area contributed by atoms with Gasteiger partial charge in [-0.05, 0) is 47.9 Å². The number of Topliss-reactive ketones (excluding diaryl/α,β-unsaturated/α-hetero) is 1. The van der Waals surface area contributed by atoms with Gasteiger partial charge in [0.2, 0.25) is 0 Å². The molecule has 0 fully saturated rings. The molecular formula is C30H26FN3O5. The van der Waals surface area contributed by atoms with Gasteiger partial charge in [0.05, 0.1) is 25.7 Å². The number of halogens is 1. The van der Waals surface area contributed by atoms with Gasteiger partial charge in [0.15, 0.2) is 5.78 Å². The molecule has 2 N–H and O–H groups in total. The number of ether oxygens (including phenoxy) is 2. The Morgan fingerprint density at radius 3 is 2.28 bits per heavy atom. The van der Waals surface area contributed by atoms with E-state index in [-0.39, 0.29) is 23.4 Å². The molecule has 0 bridgehead atoms. The molecule has 0 amide bonds. The van der Waals surface area contributed by atoms with Crippen LogP contribution in [0.4, 0.5) is 10.1 Å². The first kappa shape index (κ1) is 25.8. The molecule has 1 aliphatic carbocycles. The molecule has 3 aromatic rings. The van der Waals surface area contributed by atoms with Crippen LogP contribution >= 0.6 is 0 Å². The first-order valence-corrected chi connectivity index (χ1v) is 12.3. The summed E-state index contributed by atoms with van der Waals surface area (Å²) in [5.41, 5.74) is 9.18. The van der Waals surface area contributed by atoms with E-state index >= 15 is 0 Å². The number of nitrogens with zero attached hydrogens (tertiary/aromatic N) is 2. The molecule has 1 aromatic heterocycles. The van der Waals surface area contributed by atoms with Gasteiger partial charge in [0.25, 0.3) is 0 Å². The van der Waals surface area contributed by atoms with Gasteiger partial charge in [-0.25, -0.2) is 9.18 Å². The Hall–Kier alpha value is -4.79. The molecule has 8 nitrogen and oxygen atoms in total. The molecule has 2 aromatic carbocycles. The number of carbonyl (C=O) groups excluding carboxylic acids is 3. The van der Waals surface area contributed by atoms with E-state index in [1.807, 2.05) is 30.3 Å². The van der Waals surface area contributed by atoms with E-state index in [0.29, 0.717) is 16.9 Å². The molecule has 198 valence electrons. The number of ketones is 1. The predicted octanol–water partition coefficient (Wildman–Crippen LogP) is 3.97. The molecule has 0 spiro atoms. The summed E-state index contributed by atoms with van der Waals surface area (Å²) in [7, 11) is 2.46. The van der Waals surface area contributed by atoms with Crippen LogP contribution in [0.25, 0.3) is 0 Å². The Kier molecular flexibility index (Phi) is 6.98. The van der Waals surface area contributed by atoms with Crippen LogP contribution in [0, 0.1) is 11.7 Å². The number of esters is 2. The molecule has 0 saturated carbocycles. The number of benzene rings is 2. The molecule has 0 unspecified atom stereocenters. The standard InChI is InChI=1S/C30H26FN3O5/c1-38-29(36)24-21(17-7-4-3-5-8-17)15-22-25(27(24)35)23(18-9-6-14-33-16-18)26(30(37)39-2)28(32)34(22)20-12-10-19(31)11-13-20/h3-14,16,21,23-24H,15,32H2,1-2H3/t21-,23+,24-/m1/s1. The van der Waals surface area contributed by atoms with Crippen LogP contribution in [0.15, 0.2) is 102 Å². The molecule has 9 heteroatoms. The maximum atomic E-state index is 14.4. The fraction of sp³-hybridized carbons (Fsp3) is 0.200. The van der Waals surface area contributed by atoms with E-state index in [2.05, 4.69) is 4.98 Å². The SMILES string of the molecule is COC(=O)C1=C(N)N(c2ccc(F)cc2)C2=C(C(=O)[C@H](C(=O)OC)[C@@H](c3ccccc3)C2)[C@@H]1c1cccnc1.